The lowest BCUT2D eigenvalue weighted by atomic mass is 10.4. The maximum Gasteiger partial charge on any atom is 0.335 e. The van der Waals surface area contributed by atoms with E-state index in [1.54, 1.807) is 0 Å². The Kier molecular flexibility index (Phi) is 3.39. The van der Waals surface area contributed by atoms with Crippen molar-refractivity contribution in [2.24, 2.45) is 0 Å². The first kappa shape index (κ1) is 8.56. The normalized spacial score (nSPS) is 9.67. The van der Waals surface area contributed by atoms with E-state index in [4.69, 9.17) is 5.11 Å². The molecule has 0 amide bonds. The molecular weight excluding hydrogens is 136 g/mol. The first-order valence-corrected chi connectivity index (χ1v) is 4.70. The Morgan fingerprint density at radius 3 is 2.22 bits per heavy atom. The number of rotatable bonds is 3. The molecule has 0 aliphatic rings. The van der Waals surface area contributed by atoms with Gasteiger partial charge < -0.3 is 5.11 Å². The van der Waals surface area contributed by atoms with Gasteiger partial charge in [-0.1, -0.05) is 6.58 Å². The highest BCUT2D eigenvalue weighted by Crippen LogP contribution is 1.95. The number of aliphatic carboxylic acids is 1. The van der Waals surface area contributed by atoms with Gasteiger partial charge in [0.1, 0.15) is 5.75 Å². The first-order valence-electron chi connectivity index (χ1n) is 2.49. The second-order valence-electron chi connectivity index (χ2n) is 2.04. The summed E-state index contributed by atoms with van der Waals surface area (Å²) in [4.78, 5) is 10.1. The van der Waals surface area contributed by atoms with Crippen LogP contribution in [-0.4, -0.2) is 29.3 Å². The van der Waals surface area contributed by atoms with Crippen LogP contribution in [0.3, 0.4) is 0 Å². The van der Waals surface area contributed by atoms with Crippen LogP contribution in [0.15, 0.2) is 12.2 Å². The van der Waals surface area contributed by atoms with Crippen LogP contribution in [0.5, 0.6) is 0 Å². The van der Waals surface area contributed by atoms with Crippen LogP contribution < -0.4 is 0 Å². The fraction of sp³-hybridized carbons (Fsp3) is 0.500. The number of hydrogen-bond acceptors (Lipinski definition) is 1. The predicted molar refractivity (Wildman–Crippen MR) is 40.9 cm³/mol. The fourth-order valence-corrected chi connectivity index (χ4v) is 1.23. The molecule has 0 spiro atoms. The smallest absolute Gasteiger partial charge is 0.335 e. The third kappa shape index (κ3) is 4.09. The Hall–Kier alpha value is -0.440. The van der Waals surface area contributed by atoms with Crippen molar-refractivity contribution in [1.29, 1.82) is 0 Å². The van der Waals surface area contributed by atoms with E-state index in [2.05, 4.69) is 6.58 Å². The summed E-state index contributed by atoms with van der Waals surface area (Å²) >= 11 is 0. The minimum Gasteiger partial charge on any atom is -0.478 e. The third-order valence-corrected chi connectivity index (χ3v) is 1.69. The zero-order chi connectivity index (χ0) is 7.44. The topological polar surface area (TPSA) is 37.3 Å². The summed E-state index contributed by atoms with van der Waals surface area (Å²) in [6, 6.07) is 0. The number of carboxylic acid groups (broad SMARTS) is 1. The SMILES string of the molecule is C=C(C[S+](C)C)C(=O)O. The van der Waals surface area contributed by atoms with Crippen molar-refractivity contribution in [1.82, 2.24) is 0 Å². The molecule has 0 heterocycles. The van der Waals surface area contributed by atoms with Gasteiger partial charge in [-0.15, -0.1) is 0 Å². The van der Waals surface area contributed by atoms with Gasteiger partial charge in [0.05, 0.1) is 18.1 Å². The van der Waals surface area contributed by atoms with E-state index < -0.39 is 5.97 Å². The Morgan fingerprint density at radius 1 is 1.67 bits per heavy atom. The van der Waals surface area contributed by atoms with E-state index in [0.29, 0.717) is 11.3 Å². The van der Waals surface area contributed by atoms with Crippen LogP contribution in [0, 0.1) is 0 Å². The largest absolute Gasteiger partial charge is 0.478 e. The molecule has 0 saturated carbocycles. The molecule has 0 aromatic carbocycles. The van der Waals surface area contributed by atoms with E-state index in [1.807, 2.05) is 12.5 Å². The molecule has 0 radical (unpaired) electrons. The van der Waals surface area contributed by atoms with Crippen LogP contribution >= 0.6 is 0 Å². The van der Waals surface area contributed by atoms with Crippen LogP contribution in [-0.2, 0) is 15.7 Å². The molecule has 1 N–H and O–H groups in total. The molecular formula is C6H11O2S+. The molecule has 0 aromatic heterocycles. The summed E-state index contributed by atoms with van der Waals surface area (Å²) in [6.45, 7) is 3.40. The molecule has 0 fully saturated rings. The number of carboxylic acids is 1. The lowest BCUT2D eigenvalue weighted by Gasteiger charge is -1.94. The molecule has 0 aromatic rings. The molecule has 0 saturated heterocycles. The van der Waals surface area contributed by atoms with Gasteiger partial charge >= 0.3 is 5.97 Å². The fourth-order valence-electron chi connectivity index (χ4n) is 0.410. The molecule has 3 heteroatoms. The average Bonchev–Trinajstić information content (AvgIpc) is 1.63. The van der Waals surface area contributed by atoms with E-state index in [0.717, 1.165) is 0 Å². The molecule has 0 unspecified atom stereocenters. The number of hydrogen-bond donors (Lipinski definition) is 1. The zero-order valence-electron chi connectivity index (χ0n) is 5.68. The Bertz CT molecular complexity index is 129. The van der Waals surface area contributed by atoms with E-state index in [9.17, 15) is 4.79 Å². The van der Waals surface area contributed by atoms with Crippen molar-refractivity contribution in [3.63, 3.8) is 0 Å². The van der Waals surface area contributed by atoms with Gasteiger partial charge in [-0.3, -0.25) is 0 Å². The van der Waals surface area contributed by atoms with Crippen LogP contribution in [0.2, 0.25) is 0 Å². The van der Waals surface area contributed by atoms with Crippen molar-refractivity contribution in [2.75, 3.05) is 18.3 Å². The molecule has 0 rings (SSSR count). The Balaban J connectivity index is 3.65. The molecule has 52 valence electrons. The van der Waals surface area contributed by atoms with Gasteiger partial charge in [-0.25, -0.2) is 4.79 Å². The molecule has 2 nitrogen and oxygen atoms in total. The monoisotopic (exact) mass is 147 g/mol. The summed E-state index contributed by atoms with van der Waals surface area (Å²) in [6.07, 6.45) is 3.99. The Labute approximate surface area is 57.9 Å². The van der Waals surface area contributed by atoms with E-state index in [1.165, 1.54) is 0 Å². The molecule has 0 aliphatic carbocycles. The first-order chi connectivity index (χ1) is 4.04. The summed E-state index contributed by atoms with van der Waals surface area (Å²) in [5, 5.41) is 8.34. The highest BCUT2D eigenvalue weighted by atomic mass is 32.2. The van der Waals surface area contributed by atoms with Gasteiger partial charge in [0.25, 0.3) is 0 Å². The van der Waals surface area contributed by atoms with Gasteiger partial charge in [-0.2, -0.15) is 0 Å². The second-order valence-corrected chi connectivity index (χ2v) is 4.30. The predicted octanol–water partition coefficient (Wildman–Crippen LogP) is 0.505. The molecule has 0 atom stereocenters. The van der Waals surface area contributed by atoms with Crippen LogP contribution in [0.4, 0.5) is 0 Å². The lowest BCUT2D eigenvalue weighted by molar-refractivity contribution is -0.132. The standard InChI is InChI=1S/C6H10O2S/c1-5(6(7)8)4-9(2)3/h1,4H2,2-3H3/p+1. The van der Waals surface area contributed by atoms with Crippen molar-refractivity contribution in [2.45, 2.75) is 0 Å². The molecule has 0 bridgehead atoms. The van der Waals surface area contributed by atoms with Gasteiger partial charge in [0.2, 0.25) is 0 Å². The van der Waals surface area contributed by atoms with Crippen molar-refractivity contribution in [3.8, 4) is 0 Å². The zero-order valence-corrected chi connectivity index (χ0v) is 6.49. The summed E-state index contributed by atoms with van der Waals surface area (Å²) < 4.78 is 0. The van der Waals surface area contributed by atoms with E-state index >= 15 is 0 Å². The highest BCUT2D eigenvalue weighted by molar-refractivity contribution is 7.95. The quantitative estimate of drug-likeness (QED) is 0.466. The summed E-state index contributed by atoms with van der Waals surface area (Å²) in [7, 11) is 0.153. The summed E-state index contributed by atoms with van der Waals surface area (Å²) in [5.74, 6) is -0.272. The maximum atomic E-state index is 10.1. The highest BCUT2D eigenvalue weighted by Gasteiger charge is 2.11. The van der Waals surface area contributed by atoms with Gasteiger partial charge in [0, 0.05) is 0 Å². The maximum absolute atomic E-state index is 10.1. The van der Waals surface area contributed by atoms with Crippen LogP contribution in [0.1, 0.15) is 0 Å². The molecule has 9 heavy (non-hydrogen) atoms. The number of carbonyl (C=O) groups is 1. The van der Waals surface area contributed by atoms with E-state index in [-0.39, 0.29) is 10.9 Å². The summed E-state index contributed by atoms with van der Waals surface area (Å²) in [5.41, 5.74) is 0.309. The minimum absolute atomic E-state index is 0.153. The Morgan fingerprint density at radius 2 is 2.11 bits per heavy atom. The van der Waals surface area contributed by atoms with Gasteiger partial charge in [-0.05, 0) is 10.9 Å². The van der Waals surface area contributed by atoms with Crippen molar-refractivity contribution >= 4 is 16.9 Å². The van der Waals surface area contributed by atoms with Crippen LogP contribution in [0.25, 0.3) is 0 Å². The minimum atomic E-state index is -0.879. The van der Waals surface area contributed by atoms with Crippen molar-refractivity contribution < 1.29 is 9.90 Å². The molecule has 0 aliphatic heterocycles. The van der Waals surface area contributed by atoms with Gasteiger partial charge in [0.15, 0.2) is 0 Å². The lowest BCUT2D eigenvalue weighted by Crippen LogP contribution is -2.10. The average molecular weight is 147 g/mol. The second kappa shape index (κ2) is 3.56. The third-order valence-electron chi connectivity index (χ3n) is 0.765. The van der Waals surface area contributed by atoms with Crippen molar-refractivity contribution in [3.05, 3.63) is 12.2 Å².